The Morgan fingerprint density at radius 2 is 1.84 bits per heavy atom. The number of amides is 2. The van der Waals surface area contributed by atoms with Crippen LogP contribution in [0.3, 0.4) is 0 Å². The van der Waals surface area contributed by atoms with Crippen molar-refractivity contribution in [3.05, 3.63) is 78.1 Å². The van der Waals surface area contributed by atoms with Gasteiger partial charge >= 0.3 is 0 Å². The van der Waals surface area contributed by atoms with Gasteiger partial charge in [0.05, 0.1) is 30.6 Å². The third-order valence-corrected chi connectivity index (χ3v) is 8.14. The molecule has 7 nitrogen and oxygen atoms in total. The monoisotopic (exact) mass is 498 g/mol. The summed E-state index contributed by atoms with van der Waals surface area (Å²) >= 11 is 0. The number of furan rings is 1. The molecule has 1 N–H and O–H groups in total. The van der Waals surface area contributed by atoms with Gasteiger partial charge in [-0.2, -0.15) is 0 Å². The fraction of sp³-hybridized carbons (Fsp3) is 0.400. The van der Waals surface area contributed by atoms with Gasteiger partial charge in [-0.1, -0.05) is 37.3 Å². The standard InChI is InChI=1S/C30H34N4O3/c1-21-13-14-25-24(18-21)26(32-15-7-8-16-32)27-28(35)34(19-23-12-9-17-37-23)30(2,20-33(25)27)29(36)31-22-10-5-3-4-6-11-22/h7-9,12-18,22H,3-6,10-11,19-20H2,1-2H3,(H,31,36)/t30-/m1/s1. The SMILES string of the molecule is Cc1ccc2c(c1)c(-n1cccc1)c1n2C[C@](C)(C(=O)NC2CCCCCC2)N(Cc2ccco2)C1=O. The van der Waals surface area contributed by atoms with Crippen LogP contribution in [0.4, 0.5) is 0 Å². The molecule has 0 spiro atoms. The molecule has 1 aromatic carbocycles. The molecule has 0 saturated heterocycles. The van der Waals surface area contributed by atoms with Crippen LogP contribution in [0.2, 0.25) is 0 Å². The molecule has 3 aromatic heterocycles. The minimum Gasteiger partial charge on any atom is -0.467 e. The smallest absolute Gasteiger partial charge is 0.274 e. The molecule has 0 bridgehead atoms. The zero-order valence-electron chi connectivity index (χ0n) is 21.6. The zero-order valence-corrected chi connectivity index (χ0v) is 21.6. The number of nitrogens with zero attached hydrogens (tertiary/aromatic N) is 3. The molecule has 1 aliphatic heterocycles. The van der Waals surface area contributed by atoms with Crippen molar-refractivity contribution >= 4 is 22.7 Å². The molecule has 192 valence electrons. The number of fused-ring (bicyclic) bond motifs is 3. The molecule has 37 heavy (non-hydrogen) atoms. The van der Waals surface area contributed by atoms with Gasteiger partial charge in [0.1, 0.15) is 17.0 Å². The highest BCUT2D eigenvalue weighted by atomic mass is 16.3. The van der Waals surface area contributed by atoms with Gasteiger partial charge in [0.25, 0.3) is 5.91 Å². The summed E-state index contributed by atoms with van der Waals surface area (Å²) in [6, 6.07) is 14.0. The van der Waals surface area contributed by atoms with Crippen LogP contribution in [-0.4, -0.2) is 37.4 Å². The summed E-state index contributed by atoms with van der Waals surface area (Å²) in [4.78, 5) is 30.2. The van der Waals surface area contributed by atoms with Crippen LogP contribution >= 0.6 is 0 Å². The summed E-state index contributed by atoms with van der Waals surface area (Å²) < 4.78 is 9.71. The normalized spacial score (nSPS) is 20.7. The number of aryl methyl sites for hydroxylation is 1. The fourth-order valence-corrected chi connectivity index (χ4v) is 6.09. The number of carbonyl (C=O) groups is 2. The van der Waals surface area contributed by atoms with E-state index in [-0.39, 0.29) is 24.4 Å². The van der Waals surface area contributed by atoms with Gasteiger partial charge in [0.15, 0.2) is 0 Å². The van der Waals surface area contributed by atoms with Crippen LogP contribution in [0, 0.1) is 6.92 Å². The fourth-order valence-electron chi connectivity index (χ4n) is 6.09. The lowest BCUT2D eigenvalue weighted by molar-refractivity contribution is -0.134. The van der Waals surface area contributed by atoms with Crippen LogP contribution in [0.5, 0.6) is 0 Å². The van der Waals surface area contributed by atoms with E-state index in [1.807, 2.05) is 48.1 Å². The van der Waals surface area contributed by atoms with E-state index in [0.29, 0.717) is 18.0 Å². The predicted molar refractivity (Wildman–Crippen MR) is 143 cm³/mol. The third-order valence-electron chi connectivity index (χ3n) is 8.14. The topological polar surface area (TPSA) is 72.4 Å². The first-order valence-electron chi connectivity index (χ1n) is 13.4. The highest BCUT2D eigenvalue weighted by Crippen LogP contribution is 2.39. The molecule has 1 atom stereocenters. The summed E-state index contributed by atoms with van der Waals surface area (Å²) in [6.45, 7) is 4.56. The Kier molecular flexibility index (Phi) is 5.94. The van der Waals surface area contributed by atoms with E-state index in [4.69, 9.17) is 4.42 Å². The van der Waals surface area contributed by atoms with Crippen molar-refractivity contribution in [3.63, 3.8) is 0 Å². The second kappa shape index (κ2) is 9.29. The van der Waals surface area contributed by atoms with E-state index in [9.17, 15) is 9.59 Å². The molecule has 2 amide bonds. The average molecular weight is 499 g/mol. The van der Waals surface area contributed by atoms with Gasteiger partial charge < -0.3 is 23.8 Å². The van der Waals surface area contributed by atoms with Gasteiger partial charge in [-0.05, 0) is 63.1 Å². The maximum Gasteiger partial charge on any atom is 0.274 e. The summed E-state index contributed by atoms with van der Waals surface area (Å²) in [5.41, 5.74) is 2.46. The van der Waals surface area contributed by atoms with Crippen molar-refractivity contribution in [2.45, 2.75) is 77.0 Å². The largest absolute Gasteiger partial charge is 0.467 e. The van der Waals surface area contributed by atoms with Gasteiger partial charge in [-0.25, -0.2) is 0 Å². The van der Waals surface area contributed by atoms with E-state index >= 15 is 0 Å². The first-order valence-corrected chi connectivity index (χ1v) is 13.4. The molecule has 4 heterocycles. The van der Waals surface area contributed by atoms with Gasteiger partial charge in [0, 0.05) is 23.8 Å². The molecule has 2 aliphatic rings. The van der Waals surface area contributed by atoms with Crippen molar-refractivity contribution in [2.24, 2.45) is 0 Å². The number of hydrogen-bond donors (Lipinski definition) is 1. The second-order valence-electron chi connectivity index (χ2n) is 10.8. The first-order chi connectivity index (χ1) is 18.0. The number of benzene rings is 1. The van der Waals surface area contributed by atoms with Crippen molar-refractivity contribution < 1.29 is 14.0 Å². The molecule has 4 aromatic rings. The summed E-state index contributed by atoms with van der Waals surface area (Å²) in [5.74, 6) is 0.393. The van der Waals surface area contributed by atoms with Gasteiger partial charge in [-0.3, -0.25) is 9.59 Å². The number of rotatable bonds is 5. The predicted octanol–water partition coefficient (Wildman–Crippen LogP) is 5.59. The summed E-state index contributed by atoms with van der Waals surface area (Å²) in [7, 11) is 0. The Balaban J connectivity index is 1.49. The van der Waals surface area contributed by atoms with E-state index < -0.39 is 5.54 Å². The molecule has 1 aliphatic carbocycles. The van der Waals surface area contributed by atoms with Crippen LogP contribution in [-0.2, 0) is 17.9 Å². The van der Waals surface area contributed by atoms with Crippen LogP contribution < -0.4 is 5.32 Å². The Labute approximate surface area is 217 Å². The Hall–Kier alpha value is -3.74. The number of nitrogens with one attached hydrogen (secondary N) is 1. The molecular weight excluding hydrogens is 464 g/mol. The maximum atomic E-state index is 14.5. The third kappa shape index (κ3) is 4.06. The molecule has 1 fully saturated rings. The molecule has 6 rings (SSSR count). The van der Waals surface area contributed by atoms with Gasteiger partial charge in [0.2, 0.25) is 5.91 Å². The Morgan fingerprint density at radius 1 is 1.08 bits per heavy atom. The number of aromatic nitrogens is 2. The highest BCUT2D eigenvalue weighted by Gasteiger charge is 2.49. The molecule has 1 saturated carbocycles. The van der Waals surface area contributed by atoms with Crippen molar-refractivity contribution in [2.75, 3.05) is 0 Å². The molecule has 0 radical (unpaired) electrons. The Bertz CT molecular complexity index is 1430. The average Bonchev–Trinajstić information content (AvgIpc) is 3.61. The van der Waals surface area contributed by atoms with Crippen LogP contribution in [0.15, 0.2) is 65.5 Å². The summed E-state index contributed by atoms with van der Waals surface area (Å²) in [6.07, 6.45) is 12.2. The lowest BCUT2D eigenvalue weighted by atomic mass is 9.93. The Morgan fingerprint density at radius 3 is 2.54 bits per heavy atom. The molecular formula is C30H34N4O3. The van der Waals surface area contributed by atoms with Crippen LogP contribution in [0.25, 0.3) is 16.6 Å². The highest BCUT2D eigenvalue weighted by molar-refractivity contribution is 6.09. The zero-order chi connectivity index (χ0) is 25.6. The van der Waals surface area contributed by atoms with E-state index in [1.165, 1.54) is 12.8 Å². The number of carbonyl (C=O) groups excluding carboxylic acids is 2. The minimum absolute atomic E-state index is 0.0959. The maximum absolute atomic E-state index is 14.5. The minimum atomic E-state index is -1.08. The van der Waals surface area contributed by atoms with Gasteiger partial charge in [-0.15, -0.1) is 0 Å². The molecule has 0 unspecified atom stereocenters. The second-order valence-corrected chi connectivity index (χ2v) is 10.8. The van der Waals surface area contributed by atoms with E-state index in [0.717, 1.165) is 47.8 Å². The number of hydrogen-bond acceptors (Lipinski definition) is 3. The van der Waals surface area contributed by atoms with E-state index in [1.54, 1.807) is 11.2 Å². The van der Waals surface area contributed by atoms with Crippen molar-refractivity contribution in [3.8, 4) is 5.69 Å². The summed E-state index contributed by atoms with van der Waals surface area (Å²) in [5, 5.41) is 4.35. The van der Waals surface area contributed by atoms with Crippen molar-refractivity contribution in [1.29, 1.82) is 0 Å². The molecule has 7 heteroatoms. The first kappa shape index (κ1) is 23.6. The quantitative estimate of drug-likeness (QED) is 0.365. The van der Waals surface area contributed by atoms with Crippen LogP contribution in [0.1, 0.15) is 67.3 Å². The lowest BCUT2D eigenvalue weighted by Gasteiger charge is -2.44. The van der Waals surface area contributed by atoms with E-state index in [2.05, 4.69) is 35.0 Å². The van der Waals surface area contributed by atoms with Crippen molar-refractivity contribution in [1.82, 2.24) is 19.4 Å². The lowest BCUT2D eigenvalue weighted by Crippen LogP contribution is -2.64.